The Kier molecular flexibility index (Phi) is 7.33. The molecule has 0 unspecified atom stereocenters. The molecule has 0 aliphatic rings. The second kappa shape index (κ2) is 10.4. The number of benzene rings is 3. The molecule has 0 N–H and O–H groups in total. The highest BCUT2D eigenvalue weighted by Crippen LogP contribution is 2.42. The molecule has 1 heteroatoms. The fourth-order valence-corrected chi connectivity index (χ4v) is 7.73. The summed E-state index contributed by atoms with van der Waals surface area (Å²) in [5.41, 5.74) is 9.31. The second-order valence-electron chi connectivity index (χ2n) is 8.23. The summed E-state index contributed by atoms with van der Waals surface area (Å²) in [7, 11) is -0.634. The van der Waals surface area contributed by atoms with Gasteiger partial charge in [-0.2, -0.15) is 27.8 Å². The van der Waals surface area contributed by atoms with Crippen molar-refractivity contribution in [3.63, 3.8) is 0 Å². The quantitative estimate of drug-likeness (QED) is 0.204. The van der Waals surface area contributed by atoms with Crippen molar-refractivity contribution in [3.8, 4) is 11.1 Å². The molecule has 0 nitrogen and oxygen atoms in total. The molecular formula is C31H34P-. The zero-order valence-corrected chi connectivity index (χ0v) is 20.8. The van der Waals surface area contributed by atoms with Gasteiger partial charge < -0.3 is 0 Å². The van der Waals surface area contributed by atoms with Crippen LogP contribution < -0.4 is 15.9 Å². The van der Waals surface area contributed by atoms with E-state index in [1.807, 2.05) is 0 Å². The minimum absolute atomic E-state index is 0.634. The van der Waals surface area contributed by atoms with Gasteiger partial charge >= 0.3 is 0 Å². The topological polar surface area (TPSA) is 0 Å². The highest BCUT2D eigenvalue weighted by Gasteiger charge is 2.20. The molecule has 0 saturated carbocycles. The van der Waals surface area contributed by atoms with E-state index in [4.69, 9.17) is 0 Å². The van der Waals surface area contributed by atoms with Crippen LogP contribution in [0.1, 0.15) is 49.9 Å². The van der Waals surface area contributed by atoms with Crippen LogP contribution in [0.3, 0.4) is 0 Å². The summed E-state index contributed by atoms with van der Waals surface area (Å²) in [4.78, 5) is 0. The van der Waals surface area contributed by atoms with Crippen LogP contribution in [-0.2, 0) is 25.7 Å². The van der Waals surface area contributed by atoms with E-state index in [9.17, 15) is 0 Å². The van der Waals surface area contributed by atoms with Crippen LogP contribution in [0.5, 0.6) is 0 Å². The SMILES string of the molecule is CCc1c(-c2ccccc2P(c2ccccc2)c2ccccc2)c(CC)[c-](CC)c1CC. The van der Waals surface area contributed by atoms with Crippen LogP contribution in [0.2, 0.25) is 0 Å². The first-order valence-corrected chi connectivity index (χ1v) is 13.4. The number of rotatable bonds is 8. The molecule has 164 valence electrons. The molecular weight excluding hydrogens is 403 g/mol. The number of hydrogen-bond donors (Lipinski definition) is 0. The Bertz CT molecular complexity index is 1080. The minimum Gasteiger partial charge on any atom is -0.188 e. The molecule has 0 fully saturated rings. The fraction of sp³-hybridized carbons (Fsp3) is 0.258. The van der Waals surface area contributed by atoms with Crippen molar-refractivity contribution >= 4 is 23.8 Å². The number of hydrogen-bond acceptors (Lipinski definition) is 0. The molecule has 0 saturated heterocycles. The van der Waals surface area contributed by atoms with Gasteiger partial charge in [0.05, 0.1) is 0 Å². The molecule has 0 aromatic heterocycles. The van der Waals surface area contributed by atoms with Crippen molar-refractivity contribution < 1.29 is 0 Å². The Morgan fingerprint density at radius 1 is 0.594 bits per heavy atom. The highest BCUT2D eigenvalue weighted by molar-refractivity contribution is 7.80. The zero-order chi connectivity index (χ0) is 22.5. The second-order valence-corrected chi connectivity index (χ2v) is 10.4. The normalized spacial score (nSPS) is 11.3. The Morgan fingerprint density at radius 2 is 1.12 bits per heavy atom. The molecule has 0 amide bonds. The van der Waals surface area contributed by atoms with Gasteiger partial charge in [0.1, 0.15) is 0 Å². The monoisotopic (exact) mass is 437 g/mol. The Balaban J connectivity index is 2.03. The summed E-state index contributed by atoms with van der Waals surface area (Å²) in [6, 6.07) is 31.4. The standard InChI is InChI=1S/C31H34P/c1-5-25-26(6-2)28(8-4)31(27(25)7-3)29-21-15-16-22-30(29)32(23-17-11-9-12-18-23)24-19-13-10-14-20-24/h9-22H,5-8H2,1-4H3/q-1. The van der Waals surface area contributed by atoms with Gasteiger partial charge in [0.15, 0.2) is 0 Å². The third-order valence-corrected chi connectivity index (χ3v) is 9.05. The van der Waals surface area contributed by atoms with E-state index in [0.717, 1.165) is 25.7 Å². The van der Waals surface area contributed by atoms with Crippen molar-refractivity contribution in [2.24, 2.45) is 0 Å². The maximum Gasteiger partial charge on any atom is -0.0139 e. The summed E-state index contributed by atoms with van der Waals surface area (Å²) in [5, 5.41) is 4.30. The zero-order valence-electron chi connectivity index (χ0n) is 19.9. The third kappa shape index (κ3) is 4.10. The molecule has 4 aromatic carbocycles. The van der Waals surface area contributed by atoms with Crippen molar-refractivity contribution in [1.82, 2.24) is 0 Å². The molecule has 0 spiro atoms. The van der Waals surface area contributed by atoms with E-state index in [1.165, 1.54) is 27.0 Å². The molecule has 4 rings (SSSR count). The lowest BCUT2D eigenvalue weighted by atomic mass is 9.96. The Morgan fingerprint density at radius 3 is 1.62 bits per heavy atom. The van der Waals surface area contributed by atoms with Crippen LogP contribution in [0.4, 0.5) is 0 Å². The van der Waals surface area contributed by atoms with E-state index < -0.39 is 7.92 Å². The van der Waals surface area contributed by atoms with Gasteiger partial charge in [-0.3, -0.25) is 0 Å². The van der Waals surface area contributed by atoms with Gasteiger partial charge in [0.2, 0.25) is 0 Å². The van der Waals surface area contributed by atoms with Crippen LogP contribution in [0, 0.1) is 0 Å². The summed E-state index contributed by atoms with van der Waals surface area (Å²) < 4.78 is 0. The Labute approximate surface area is 195 Å². The largest absolute Gasteiger partial charge is 0.188 e. The van der Waals surface area contributed by atoms with E-state index in [-0.39, 0.29) is 0 Å². The maximum atomic E-state index is 2.38. The van der Waals surface area contributed by atoms with Gasteiger partial charge in [-0.1, -0.05) is 144 Å². The van der Waals surface area contributed by atoms with Crippen LogP contribution in [0.25, 0.3) is 11.1 Å². The van der Waals surface area contributed by atoms with Crippen LogP contribution >= 0.6 is 7.92 Å². The van der Waals surface area contributed by atoms with Gasteiger partial charge in [0.25, 0.3) is 0 Å². The average molecular weight is 438 g/mol. The molecule has 4 aromatic rings. The predicted molar refractivity (Wildman–Crippen MR) is 144 cm³/mol. The van der Waals surface area contributed by atoms with Crippen LogP contribution in [0.15, 0.2) is 84.9 Å². The van der Waals surface area contributed by atoms with Gasteiger partial charge in [-0.05, 0) is 23.8 Å². The lowest BCUT2D eigenvalue weighted by Gasteiger charge is -2.27. The lowest BCUT2D eigenvalue weighted by Crippen LogP contribution is -2.22. The van der Waals surface area contributed by atoms with Gasteiger partial charge in [-0.15, -0.1) is 0 Å². The van der Waals surface area contributed by atoms with E-state index in [0.29, 0.717) is 0 Å². The summed E-state index contributed by atoms with van der Waals surface area (Å²) in [6.07, 6.45) is 4.42. The minimum atomic E-state index is -0.634. The lowest BCUT2D eigenvalue weighted by molar-refractivity contribution is 0.992. The maximum absolute atomic E-state index is 2.38. The average Bonchev–Trinajstić information content (AvgIpc) is 3.18. The first-order valence-electron chi connectivity index (χ1n) is 12.1. The van der Waals surface area contributed by atoms with E-state index >= 15 is 0 Å². The first kappa shape index (κ1) is 22.6. The van der Waals surface area contributed by atoms with Crippen molar-refractivity contribution in [1.29, 1.82) is 0 Å². The van der Waals surface area contributed by atoms with Crippen molar-refractivity contribution in [2.75, 3.05) is 0 Å². The molecule has 0 bridgehead atoms. The highest BCUT2D eigenvalue weighted by atomic mass is 31.1. The van der Waals surface area contributed by atoms with Gasteiger partial charge in [0, 0.05) is 0 Å². The van der Waals surface area contributed by atoms with Gasteiger partial charge in [-0.25, -0.2) is 0 Å². The Hall–Kier alpha value is -2.56. The molecule has 0 atom stereocenters. The third-order valence-electron chi connectivity index (χ3n) is 6.55. The molecule has 0 aliphatic heterocycles. The van der Waals surface area contributed by atoms with E-state index in [1.54, 1.807) is 22.3 Å². The molecule has 0 aliphatic carbocycles. The summed E-state index contributed by atoms with van der Waals surface area (Å²) in [6.45, 7) is 9.31. The fourth-order valence-electron chi connectivity index (χ4n) is 5.27. The smallest absolute Gasteiger partial charge is 0.0139 e. The summed E-state index contributed by atoms with van der Waals surface area (Å²) >= 11 is 0. The van der Waals surface area contributed by atoms with Crippen molar-refractivity contribution in [2.45, 2.75) is 53.4 Å². The van der Waals surface area contributed by atoms with E-state index in [2.05, 4.69) is 113 Å². The van der Waals surface area contributed by atoms with Crippen molar-refractivity contribution in [3.05, 3.63) is 107 Å². The van der Waals surface area contributed by atoms with Crippen LogP contribution in [-0.4, -0.2) is 0 Å². The molecule has 0 radical (unpaired) electrons. The molecule has 0 heterocycles. The molecule has 32 heavy (non-hydrogen) atoms. The first-order chi connectivity index (χ1) is 15.7. The predicted octanol–water partition coefficient (Wildman–Crippen LogP) is 7.08. The summed E-state index contributed by atoms with van der Waals surface area (Å²) in [5.74, 6) is 0.